The van der Waals surface area contributed by atoms with Crippen LogP contribution in [0.2, 0.25) is 0 Å². The fraction of sp³-hybridized carbons (Fsp3) is 0.368. The zero-order valence-corrected chi connectivity index (χ0v) is 19.2. The number of halogens is 4. The molecule has 0 atom stereocenters. The van der Waals surface area contributed by atoms with Crippen molar-refractivity contribution in [1.29, 1.82) is 0 Å². The zero-order valence-electron chi connectivity index (χ0n) is 16.3. The lowest BCUT2D eigenvalue weighted by Gasteiger charge is -2.26. The highest BCUT2D eigenvalue weighted by Crippen LogP contribution is 2.51. The molecule has 0 heterocycles. The molecule has 0 amide bonds. The molecule has 1 aliphatic rings. The Labute approximate surface area is 190 Å². The number of methoxy groups -OCH3 is 1. The molecule has 7 nitrogen and oxygen atoms in total. The smallest absolute Gasteiger partial charge is 0.239 e. The van der Waals surface area contributed by atoms with Crippen LogP contribution in [0.5, 0.6) is 5.75 Å². The second-order valence-corrected chi connectivity index (χ2v) is 10.4. The summed E-state index contributed by atoms with van der Waals surface area (Å²) in [6, 6.07) is 4.64. The Morgan fingerprint density at radius 3 is 2.29 bits per heavy atom. The number of hydrogen-bond donors (Lipinski definition) is 4. The molecule has 31 heavy (non-hydrogen) atoms. The second-order valence-electron chi connectivity index (χ2n) is 7.11. The average Bonchev–Trinajstić information content (AvgIpc) is 3.52. The molecule has 0 aliphatic heterocycles. The van der Waals surface area contributed by atoms with E-state index in [2.05, 4.69) is 10.0 Å². The van der Waals surface area contributed by atoms with E-state index in [1.54, 1.807) is 0 Å². The van der Waals surface area contributed by atoms with Crippen molar-refractivity contribution in [2.45, 2.75) is 17.6 Å². The minimum Gasteiger partial charge on any atom is -0.494 e. The summed E-state index contributed by atoms with van der Waals surface area (Å²) in [6.07, 6.45) is 0.323. The maximum absolute atomic E-state index is 14.7. The molecule has 2 aromatic rings. The molecule has 1 saturated carbocycles. The highest BCUT2D eigenvalue weighted by molar-refractivity contribution is 14.1. The SMILES string of the molecule is COc1cc(F)c(F)c(Nc2ccc(I)cc2F)c1NS(=O)(=O)C1(C(CO)CO)CC1. The van der Waals surface area contributed by atoms with E-state index in [4.69, 9.17) is 4.74 Å². The molecule has 1 aliphatic carbocycles. The van der Waals surface area contributed by atoms with Crippen molar-refractivity contribution in [3.05, 3.63) is 45.3 Å². The van der Waals surface area contributed by atoms with Gasteiger partial charge in [-0.1, -0.05) is 0 Å². The quantitative estimate of drug-likeness (QED) is 0.344. The fourth-order valence-electron chi connectivity index (χ4n) is 3.35. The van der Waals surface area contributed by atoms with E-state index in [9.17, 15) is 31.8 Å². The van der Waals surface area contributed by atoms with Gasteiger partial charge in [-0.15, -0.1) is 0 Å². The van der Waals surface area contributed by atoms with Gasteiger partial charge in [-0.25, -0.2) is 21.6 Å². The molecule has 0 radical (unpaired) electrons. The standard InChI is InChI=1S/C19H20F3IN2O5S/c1-30-15-7-13(21)16(22)18(24-14-3-2-11(23)6-12(14)20)17(15)25-31(28,29)19(4-5-19)10(8-26)9-27/h2-3,6-7,10,24-27H,4-5,8-9H2,1H3. The minimum absolute atomic E-state index is 0.161. The summed E-state index contributed by atoms with van der Waals surface area (Å²) in [4.78, 5) is 0. The molecule has 12 heteroatoms. The molecule has 0 bridgehead atoms. The van der Waals surface area contributed by atoms with Crippen LogP contribution in [-0.4, -0.2) is 43.7 Å². The Morgan fingerprint density at radius 2 is 1.77 bits per heavy atom. The van der Waals surface area contributed by atoms with Gasteiger partial charge in [0.25, 0.3) is 0 Å². The largest absolute Gasteiger partial charge is 0.494 e. The second kappa shape index (κ2) is 9.00. The summed E-state index contributed by atoms with van der Waals surface area (Å²) in [5.41, 5.74) is -1.33. The van der Waals surface area contributed by atoms with Crippen LogP contribution in [0.25, 0.3) is 0 Å². The first-order chi connectivity index (χ1) is 14.6. The van der Waals surface area contributed by atoms with Crippen LogP contribution < -0.4 is 14.8 Å². The molecule has 3 rings (SSSR count). The molecule has 0 aromatic heterocycles. The first kappa shape index (κ1) is 23.9. The van der Waals surface area contributed by atoms with Crippen LogP contribution in [0.4, 0.5) is 30.2 Å². The van der Waals surface area contributed by atoms with Gasteiger partial charge in [0.1, 0.15) is 22.9 Å². The lowest BCUT2D eigenvalue weighted by molar-refractivity contribution is 0.141. The maximum Gasteiger partial charge on any atom is 0.239 e. The van der Waals surface area contributed by atoms with Crippen LogP contribution in [0.15, 0.2) is 24.3 Å². The monoisotopic (exact) mass is 572 g/mol. The van der Waals surface area contributed by atoms with Gasteiger partial charge in [0.15, 0.2) is 11.6 Å². The van der Waals surface area contributed by atoms with Crippen LogP contribution in [0, 0.1) is 26.9 Å². The first-order valence-corrected chi connectivity index (χ1v) is 11.7. The van der Waals surface area contributed by atoms with E-state index < -0.39 is 62.7 Å². The predicted molar refractivity (Wildman–Crippen MR) is 117 cm³/mol. The lowest BCUT2D eigenvalue weighted by Crippen LogP contribution is -2.40. The van der Waals surface area contributed by atoms with Gasteiger partial charge in [-0.05, 0) is 53.6 Å². The van der Waals surface area contributed by atoms with Crippen LogP contribution >= 0.6 is 22.6 Å². The Morgan fingerprint density at radius 1 is 1.13 bits per heavy atom. The van der Waals surface area contributed by atoms with E-state index in [-0.39, 0.29) is 24.3 Å². The number of sulfonamides is 1. The number of rotatable bonds is 9. The van der Waals surface area contributed by atoms with E-state index in [0.29, 0.717) is 9.64 Å². The van der Waals surface area contributed by atoms with Gasteiger partial charge in [-0.2, -0.15) is 0 Å². The number of benzene rings is 2. The van der Waals surface area contributed by atoms with Crippen LogP contribution in [0.1, 0.15) is 12.8 Å². The Balaban J connectivity index is 2.10. The van der Waals surface area contributed by atoms with Crippen molar-refractivity contribution >= 4 is 49.7 Å². The Kier molecular flexibility index (Phi) is 6.93. The number of anilines is 3. The molecule has 2 aromatic carbocycles. The third-order valence-corrected chi connectivity index (χ3v) is 8.25. The highest BCUT2D eigenvalue weighted by atomic mass is 127. The Bertz CT molecular complexity index is 1090. The molecule has 170 valence electrons. The first-order valence-electron chi connectivity index (χ1n) is 9.12. The van der Waals surface area contributed by atoms with Gasteiger partial charge in [0, 0.05) is 28.8 Å². The van der Waals surface area contributed by atoms with Gasteiger partial charge in [-0.3, -0.25) is 4.72 Å². The summed E-state index contributed by atoms with van der Waals surface area (Å²) in [5.74, 6) is -4.84. The summed E-state index contributed by atoms with van der Waals surface area (Å²) in [6.45, 7) is -1.16. The molecular formula is C19H20F3IN2O5S. The van der Waals surface area contributed by atoms with Gasteiger partial charge in [0.05, 0.1) is 17.5 Å². The number of ether oxygens (including phenoxy) is 1. The number of aliphatic hydroxyl groups excluding tert-OH is 2. The number of nitrogens with one attached hydrogen (secondary N) is 2. The van der Waals surface area contributed by atoms with E-state index in [1.165, 1.54) is 12.1 Å². The summed E-state index contributed by atoms with van der Waals surface area (Å²) < 4.78 is 75.8. The van der Waals surface area contributed by atoms with Crippen molar-refractivity contribution in [3.63, 3.8) is 0 Å². The zero-order chi connectivity index (χ0) is 23.0. The summed E-state index contributed by atoms with van der Waals surface area (Å²) in [7, 11) is -3.16. The molecule has 0 unspecified atom stereocenters. The van der Waals surface area contributed by atoms with Gasteiger partial charge >= 0.3 is 0 Å². The van der Waals surface area contributed by atoms with Gasteiger partial charge in [0.2, 0.25) is 10.0 Å². The molecule has 0 saturated heterocycles. The third-order valence-electron chi connectivity index (χ3n) is 5.29. The van der Waals surface area contributed by atoms with Crippen molar-refractivity contribution in [2.75, 3.05) is 30.4 Å². The average molecular weight is 572 g/mol. The normalized spacial score (nSPS) is 15.1. The maximum atomic E-state index is 14.7. The molecular weight excluding hydrogens is 552 g/mol. The summed E-state index contributed by atoms with van der Waals surface area (Å²) >= 11 is 1.88. The lowest BCUT2D eigenvalue weighted by atomic mass is 10.1. The minimum atomic E-state index is -4.29. The van der Waals surface area contributed by atoms with Crippen molar-refractivity contribution in [2.24, 2.45) is 5.92 Å². The van der Waals surface area contributed by atoms with E-state index in [1.807, 2.05) is 22.6 Å². The predicted octanol–water partition coefficient (Wildman–Crippen LogP) is 3.34. The van der Waals surface area contributed by atoms with Crippen LogP contribution in [-0.2, 0) is 10.0 Å². The van der Waals surface area contributed by atoms with Crippen molar-refractivity contribution in [3.8, 4) is 5.75 Å². The Hall–Kier alpha value is -1.77. The van der Waals surface area contributed by atoms with Gasteiger partial charge < -0.3 is 20.3 Å². The molecule has 1 fully saturated rings. The van der Waals surface area contributed by atoms with E-state index in [0.717, 1.165) is 13.2 Å². The van der Waals surface area contributed by atoms with E-state index >= 15 is 0 Å². The summed E-state index contributed by atoms with van der Waals surface area (Å²) in [5, 5.41) is 21.4. The third kappa shape index (κ3) is 4.43. The fourth-order valence-corrected chi connectivity index (χ4v) is 5.71. The van der Waals surface area contributed by atoms with Crippen molar-refractivity contribution < 1.29 is 36.5 Å². The number of hydrogen-bond acceptors (Lipinski definition) is 6. The highest BCUT2D eigenvalue weighted by Gasteiger charge is 2.59. The molecule has 4 N–H and O–H groups in total. The van der Waals surface area contributed by atoms with Crippen molar-refractivity contribution in [1.82, 2.24) is 0 Å². The number of aliphatic hydroxyl groups is 2. The topological polar surface area (TPSA) is 108 Å². The molecule has 0 spiro atoms. The van der Waals surface area contributed by atoms with Crippen LogP contribution in [0.3, 0.4) is 0 Å².